The van der Waals surface area contributed by atoms with Gasteiger partial charge in [0, 0.05) is 6.07 Å². The van der Waals surface area contributed by atoms with Crippen molar-refractivity contribution in [3.8, 4) is 0 Å². The van der Waals surface area contributed by atoms with E-state index in [9.17, 15) is 30.7 Å². The normalized spacial score (nSPS) is 12.3. The molecule has 0 bridgehead atoms. The Hall–Kier alpha value is -1.34. The van der Waals surface area contributed by atoms with Gasteiger partial charge in [0.2, 0.25) is 5.95 Å². The second-order valence-corrected chi connectivity index (χ2v) is 2.49. The van der Waals surface area contributed by atoms with E-state index in [0.29, 0.717) is 0 Å². The van der Waals surface area contributed by atoms with E-state index in [-0.39, 0.29) is 6.07 Å². The summed E-state index contributed by atoms with van der Waals surface area (Å²) in [6.07, 6.45) is -8.85. The number of hydrogen-bond donors (Lipinski definition) is 0. The minimum Gasteiger partial charge on any atom is -0.216 e. The molecule has 1 aromatic rings. The van der Waals surface area contributed by atoms with Crippen LogP contribution in [0.3, 0.4) is 0 Å². The zero-order chi connectivity index (χ0) is 11.8. The summed E-state index contributed by atoms with van der Waals surface area (Å²) in [5.74, 6) is -4.06. The van der Waals surface area contributed by atoms with Crippen molar-refractivity contribution in [2.24, 2.45) is 0 Å². The lowest BCUT2D eigenvalue weighted by Gasteiger charge is -2.10. The second-order valence-electron chi connectivity index (χ2n) is 2.49. The molecule has 15 heavy (non-hydrogen) atoms. The Morgan fingerprint density at radius 1 is 1.13 bits per heavy atom. The van der Waals surface area contributed by atoms with E-state index in [1.807, 2.05) is 0 Å². The van der Waals surface area contributed by atoms with Gasteiger partial charge >= 0.3 is 6.18 Å². The third-order valence-corrected chi connectivity index (χ3v) is 1.46. The summed E-state index contributed by atoms with van der Waals surface area (Å²) in [4.78, 5) is 2.35. The van der Waals surface area contributed by atoms with Crippen molar-refractivity contribution in [1.82, 2.24) is 4.98 Å². The monoisotopic (exact) mass is 233 g/mol. The summed E-state index contributed by atoms with van der Waals surface area (Å²) in [6, 6.07) is -0.277. The number of hydrogen-bond acceptors (Lipinski definition) is 1. The van der Waals surface area contributed by atoms with E-state index in [2.05, 4.69) is 4.98 Å². The first-order chi connectivity index (χ1) is 6.73. The van der Waals surface area contributed by atoms with Crippen molar-refractivity contribution in [3.63, 3.8) is 0 Å². The van der Waals surface area contributed by atoms with Crippen LogP contribution < -0.4 is 0 Å². The minimum atomic E-state index is -5.24. The molecule has 0 fully saturated rings. The topological polar surface area (TPSA) is 12.9 Å². The number of nitrogens with zero attached hydrogens (tertiary/aromatic N) is 1. The predicted octanol–water partition coefficient (Wildman–Crippen LogP) is 3.32. The van der Waals surface area contributed by atoms with E-state index < -0.39 is 35.6 Å². The van der Waals surface area contributed by atoms with Crippen LogP contribution in [0.1, 0.15) is 17.7 Å². The Morgan fingerprint density at radius 3 is 2.07 bits per heavy atom. The van der Waals surface area contributed by atoms with Gasteiger partial charge in [-0.25, -0.2) is 18.2 Å². The highest BCUT2D eigenvalue weighted by atomic mass is 19.4. The highest BCUT2D eigenvalue weighted by molar-refractivity contribution is 5.23. The molecular weight excluding hydrogens is 231 g/mol. The fraction of sp³-hybridized carbons (Fsp3) is 0.286. The summed E-state index contributed by atoms with van der Waals surface area (Å²) in [7, 11) is 0. The molecule has 0 unspecified atom stereocenters. The number of alkyl halides is 5. The van der Waals surface area contributed by atoms with Crippen molar-refractivity contribution in [1.29, 1.82) is 0 Å². The third kappa shape index (κ3) is 2.37. The number of rotatable bonds is 1. The van der Waals surface area contributed by atoms with Gasteiger partial charge in [0.05, 0.1) is 5.56 Å². The smallest absolute Gasteiger partial charge is 0.216 e. The first kappa shape index (κ1) is 11.7. The van der Waals surface area contributed by atoms with E-state index >= 15 is 0 Å². The fourth-order valence-electron chi connectivity index (χ4n) is 0.868. The Labute approximate surface area is 78.5 Å². The first-order valence-electron chi connectivity index (χ1n) is 3.44. The van der Waals surface area contributed by atoms with Crippen LogP contribution in [0.5, 0.6) is 0 Å². The molecule has 1 nitrogen and oxygen atoms in total. The van der Waals surface area contributed by atoms with Gasteiger partial charge in [0.15, 0.2) is 5.82 Å². The van der Waals surface area contributed by atoms with Gasteiger partial charge in [-0.2, -0.15) is 17.6 Å². The van der Waals surface area contributed by atoms with Gasteiger partial charge in [-0.3, -0.25) is 0 Å². The summed E-state index contributed by atoms with van der Waals surface area (Å²) in [5.41, 5.74) is -3.94. The van der Waals surface area contributed by atoms with Crippen molar-refractivity contribution >= 4 is 0 Å². The summed E-state index contributed by atoms with van der Waals surface area (Å²) < 4.78 is 85.0. The Balaban J connectivity index is 3.42. The van der Waals surface area contributed by atoms with Crippen LogP contribution in [0.25, 0.3) is 0 Å². The molecule has 0 amide bonds. The van der Waals surface area contributed by atoms with Gasteiger partial charge < -0.3 is 0 Å². The molecule has 84 valence electrons. The molecule has 8 heteroatoms. The van der Waals surface area contributed by atoms with Crippen molar-refractivity contribution < 1.29 is 30.7 Å². The van der Waals surface area contributed by atoms with Crippen molar-refractivity contribution in [2.75, 3.05) is 0 Å². The average molecular weight is 233 g/mol. The zero-order valence-corrected chi connectivity index (χ0v) is 6.75. The van der Waals surface area contributed by atoms with Crippen LogP contribution in [0.2, 0.25) is 0 Å². The van der Waals surface area contributed by atoms with Gasteiger partial charge in [-0.1, -0.05) is 0 Å². The maximum atomic E-state index is 12.8. The molecule has 0 atom stereocenters. The van der Waals surface area contributed by atoms with Crippen LogP contribution in [0.4, 0.5) is 30.7 Å². The lowest BCUT2D eigenvalue weighted by molar-refractivity contribution is -0.140. The molecule has 0 saturated carbocycles. The Morgan fingerprint density at radius 2 is 1.67 bits per heavy atom. The zero-order valence-electron chi connectivity index (χ0n) is 6.75. The average Bonchev–Trinajstić information content (AvgIpc) is 2.06. The molecular formula is C7H2F7N. The lowest BCUT2D eigenvalue weighted by atomic mass is 10.2. The highest BCUT2D eigenvalue weighted by Gasteiger charge is 2.37. The summed E-state index contributed by atoms with van der Waals surface area (Å²) >= 11 is 0. The maximum Gasteiger partial charge on any atom is 0.419 e. The molecule has 1 rings (SSSR count). The lowest BCUT2D eigenvalue weighted by Crippen LogP contribution is -2.13. The van der Waals surface area contributed by atoms with Gasteiger partial charge in [-0.05, 0) is 0 Å². The van der Waals surface area contributed by atoms with Gasteiger partial charge in [0.1, 0.15) is 5.69 Å². The number of aromatic nitrogens is 1. The largest absolute Gasteiger partial charge is 0.419 e. The molecule has 0 saturated heterocycles. The molecule has 1 aromatic heterocycles. The molecule has 0 radical (unpaired) electrons. The summed E-state index contributed by atoms with van der Waals surface area (Å²) in [6.45, 7) is 0. The second kappa shape index (κ2) is 3.67. The Kier molecular flexibility index (Phi) is 2.87. The molecule has 0 aliphatic heterocycles. The molecule has 0 aromatic carbocycles. The van der Waals surface area contributed by atoms with Crippen LogP contribution in [0, 0.1) is 11.8 Å². The van der Waals surface area contributed by atoms with Crippen LogP contribution in [-0.2, 0) is 6.18 Å². The number of halogens is 7. The quantitative estimate of drug-likeness (QED) is 0.535. The maximum absolute atomic E-state index is 12.8. The minimum absolute atomic E-state index is 0.277. The first-order valence-corrected chi connectivity index (χ1v) is 3.44. The highest BCUT2D eigenvalue weighted by Crippen LogP contribution is 2.34. The van der Waals surface area contributed by atoms with Crippen molar-refractivity contribution in [2.45, 2.75) is 12.6 Å². The van der Waals surface area contributed by atoms with E-state index in [4.69, 9.17) is 0 Å². The molecule has 0 aliphatic carbocycles. The van der Waals surface area contributed by atoms with Gasteiger partial charge in [0.25, 0.3) is 6.43 Å². The third-order valence-electron chi connectivity index (χ3n) is 1.46. The van der Waals surface area contributed by atoms with E-state index in [1.165, 1.54) is 0 Å². The Bertz CT molecular complexity index is 370. The van der Waals surface area contributed by atoms with Crippen LogP contribution in [0.15, 0.2) is 6.07 Å². The molecule has 1 heterocycles. The van der Waals surface area contributed by atoms with Crippen molar-refractivity contribution in [3.05, 3.63) is 29.1 Å². The molecule has 0 N–H and O–H groups in total. The SMILES string of the molecule is Fc1cc(C(F)(F)F)c(F)c(C(F)F)n1. The van der Waals surface area contributed by atoms with Gasteiger partial charge in [-0.15, -0.1) is 0 Å². The fourth-order valence-corrected chi connectivity index (χ4v) is 0.868. The number of pyridine rings is 1. The predicted molar refractivity (Wildman–Crippen MR) is 34.1 cm³/mol. The van der Waals surface area contributed by atoms with Crippen LogP contribution in [-0.4, -0.2) is 4.98 Å². The molecule has 0 spiro atoms. The molecule has 0 aliphatic rings. The van der Waals surface area contributed by atoms with E-state index in [1.54, 1.807) is 0 Å². The summed E-state index contributed by atoms with van der Waals surface area (Å²) in [5, 5.41) is 0. The van der Waals surface area contributed by atoms with E-state index in [0.717, 1.165) is 0 Å². The standard InChI is InChI=1S/C7H2F7N/c8-3-1-2(7(12,13)14)4(9)5(15-3)6(10)11/h1,6H. The van der Waals surface area contributed by atoms with Crippen LogP contribution >= 0.6 is 0 Å².